The van der Waals surface area contributed by atoms with E-state index in [-0.39, 0.29) is 29.8 Å². The van der Waals surface area contributed by atoms with Crippen LogP contribution in [0.25, 0.3) is 0 Å². The molecule has 0 aromatic heterocycles. The molecular weight excluding hydrogens is 224 g/mol. The molecule has 16 heavy (non-hydrogen) atoms. The maximum absolute atomic E-state index is 11.9. The van der Waals surface area contributed by atoms with Crippen LogP contribution in [-0.4, -0.2) is 18.0 Å². The van der Waals surface area contributed by atoms with Crippen molar-refractivity contribution < 1.29 is 4.79 Å². The highest BCUT2D eigenvalue weighted by Crippen LogP contribution is 2.29. The molecule has 96 valence electrons. The van der Waals surface area contributed by atoms with Gasteiger partial charge in [-0.15, -0.1) is 12.4 Å². The molecule has 0 spiro atoms. The molecule has 0 aromatic carbocycles. The number of nitrogens with one attached hydrogen (secondary N) is 1. The van der Waals surface area contributed by atoms with Crippen molar-refractivity contribution in [3.8, 4) is 0 Å². The van der Waals surface area contributed by atoms with Crippen molar-refractivity contribution in [3.63, 3.8) is 0 Å². The van der Waals surface area contributed by atoms with Crippen LogP contribution in [0.3, 0.4) is 0 Å². The molecule has 0 aromatic rings. The van der Waals surface area contributed by atoms with E-state index < -0.39 is 0 Å². The van der Waals surface area contributed by atoms with Crippen LogP contribution in [0.2, 0.25) is 0 Å². The number of halogens is 1. The molecule has 0 saturated heterocycles. The molecule has 1 fully saturated rings. The molecule has 1 aliphatic rings. The lowest BCUT2D eigenvalue weighted by Crippen LogP contribution is -2.53. The first-order valence-corrected chi connectivity index (χ1v) is 6.03. The normalized spacial score (nSPS) is 20.3. The highest BCUT2D eigenvalue weighted by molar-refractivity contribution is 5.85. The van der Waals surface area contributed by atoms with Crippen molar-refractivity contribution in [3.05, 3.63) is 0 Å². The maximum Gasteiger partial charge on any atom is 0.223 e. The number of rotatable bonds is 4. The van der Waals surface area contributed by atoms with Crippen molar-refractivity contribution in [1.29, 1.82) is 0 Å². The van der Waals surface area contributed by atoms with E-state index in [1.807, 2.05) is 6.92 Å². The summed E-state index contributed by atoms with van der Waals surface area (Å²) in [5.41, 5.74) is 5.68. The summed E-state index contributed by atoms with van der Waals surface area (Å²) >= 11 is 0. The van der Waals surface area contributed by atoms with E-state index in [1.165, 1.54) is 12.8 Å². The average molecular weight is 249 g/mol. The van der Waals surface area contributed by atoms with Gasteiger partial charge in [0, 0.05) is 12.5 Å². The summed E-state index contributed by atoms with van der Waals surface area (Å²) in [4.78, 5) is 11.9. The van der Waals surface area contributed by atoms with Crippen LogP contribution < -0.4 is 11.1 Å². The third-order valence-electron chi connectivity index (χ3n) is 3.75. The molecule has 4 heteroatoms. The molecule has 3 N–H and O–H groups in total. The molecule has 0 radical (unpaired) electrons. The van der Waals surface area contributed by atoms with Crippen LogP contribution in [-0.2, 0) is 4.79 Å². The third kappa shape index (κ3) is 3.63. The van der Waals surface area contributed by atoms with E-state index in [2.05, 4.69) is 19.2 Å². The van der Waals surface area contributed by atoms with Gasteiger partial charge >= 0.3 is 0 Å². The van der Waals surface area contributed by atoms with Gasteiger partial charge in [0.25, 0.3) is 0 Å². The average Bonchev–Trinajstić information content (AvgIpc) is 2.65. The number of hydrogen-bond acceptors (Lipinski definition) is 2. The second kappa shape index (κ2) is 6.45. The number of carbonyl (C=O) groups is 1. The largest absolute Gasteiger partial charge is 0.349 e. The van der Waals surface area contributed by atoms with Gasteiger partial charge in [-0.05, 0) is 18.8 Å². The minimum atomic E-state index is -0.0970. The van der Waals surface area contributed by atoms with Gasteiger partial charge in [0.05, 0.1) is 5.54 Å². The van der Waals surface area contributed by atoms with Gasteiger partial charge in [0.2, 0.25) is 5.91 Å². The molecule has 1 aliphatic carbocycles. The summed E-state index contributed by atoms with van der Waals surface area (Å²) in [6, 6.07) is 0. The Labute approximate surface area is 105 Å². The third-order valence-corrected chi connectivity index (χ3v) is 3.75. The van der Waals surface area contributed by atoms with Gasteiger partial charge < -0.3 is 11.1 Å². The van der Waals surface area contributed by atoms with E-state index in [9.17, 15) is 4.79 Å². The van der Waals surface area contributed by atoms with Crippen LogP contribution >= 0.6 is 12.4 Å². The van der Waals surface area contributed by atoms with Gasteiger partial charge in [-0.1, -0.05) is 33.6 Å². The Morgan fingerprint density at radius 3 is 2.19 bits per heavy atom. The SMILES string of the molecule is CC(C)C(C)C(=O)NC1(CN)CCCC1.Cl. The summed E-state index contributed by atoms with van der Waals surface area (Å²) in [6.45, 7) is 6.71. The molecule has 1 saturated carbocycles. The van der Waals surface area contributed by atoms with Crippen LogP contribution in [0.5, 0.6) is 0 Å². The predicted octanol–water partition coefficient (Wildman–Crippen LogP) is 2.09. The van der Waals surface area contributed by atoms with Gasteiger partial charge in [0.15, 0.2) is 0 Å². The zero-order chi connectivity index (χ0) is 11.5. The second-order valence-electron chi connectivity index (χ2n) is 5.21. The zero-order valence-corrected chi connectivity index (χ0v) is 11.4. The Morgan fingerprint density at radius 2 is 1.81 bits per heavy atom. The monoisotopic (exact) mass is 248 g/mol. The zero-order valence-electron chi connectivity index (χ0n) is 10.6. The molecule has 3 nitrogen and oxygen atoms in total. The summed E-state index contributed by atoms with van der Waals surface area (Å²) in [6.07, 6.45) is 4.46. The standard InChI is InChI=1S/C12H24N2O.ClH/c1-9(2)10(3)11(15)14-12(8-13)6-4-5-7-12;/h9-10H,4-8,13H2,1-3H3,(H,14,15);1H. The molecule has 0 aliphatic heterocycles. The van der Waals surface area contributed by atoms with Gasteiger partial charge in [0.1, 0.15) is 0 Å². The number of amides is 1. The minimum absolute atomic E-state index is 0. The summed E-state index contributed by atoms with van der Waals surface area (Å²) in [5.74, 6) is 0.632. The van der Waals surface area contributed by atoms with Crippen LogP contribution in [0.4, 0.5) is 0 Å². The molecule has 1 unspecified atom stereocenters. The first kappa shape index (κ1) is 15.7. The molecule has 1 rings (SSSR count). The van der Waals surface area contributed by atoms with Gasteiger partial charge in [-0.3, -0.25) is 4.79 Å². The van der Waals surface area contributed by atoms with Crippen molar-refractivity contribution in [1.82, 2.24) is 5.32 Å². The Hall–Kier alpha value is -0.280. The first-order valence-electron chi connectivity index (χ1n) is 6.03. The van der Waals surface area contributed by atoms with Crippen molar-refractivity contribution >= 4 is 18.3 Å². The Morgan fingerprint density at radius 1 is 1.31 bits per heavy atom. The summed E-state index contributed by atoms with van der Waals surface area (Å²) in [5, 5.41) is 3.16. The lowest BCUT2D eigenvalue weighted by molar-refractivity contribution is -0.127. The molecule has 1 amide bonds. The van der Waals surface area contributed by atoms with E-state index in [4.69, 9.17) is 5.73 Å². The van der Waals surface area contributed by atoms with Gasteiger partial charge in [-0.2, -0.15) is 0 Å². The minimum Gasteiger partial charge on any atom is -0.349 e. The molecule has 0 heterocycles. The second-order valence-corrected chi connectivity index (χ2v) is 5.21. The summed E-state index contributed by atoms with van der Waals surface area (Å²) < 4.78 is 0. The predicted molar refractivity (Wildman–Crippen MR) is 69.6 cm³/mol. The van der Waals surface area contributed by atoms with E-state index in [1.54, 1.807) is 0 Å². The highest BCUT2D eigenvalue weighted by Gasteiger charge is 2.35. The lowest BCUT2D eigenvalue weighted by Gasteiger charge is -2.31. The Kier molecular flexibility index (Phi) is 6.34. The van der Waals surface area contributed by atoms with E-state index >= 15 is 0 Å². The Balaban J connectivity index is 0.00000225. The highest BCUT2D eigenvalue weighted by atomic mass is 35.5. The maximum atomic E-state index is 11.9. The number of hydrogen-bond donors (Lipinski definition) is 2. The number of nitrogens with two attached hydrogens (primary N) is 1. The van der Waals surface area contributed by atoms with Crippen molar-refractivity contribution in [2.75, 3.05) is 6.54 Å². The fraction of sp³-hybridized carbons (Fsp3) is 0.917. The van der Waals surface area contributed by atoms with Crippen LogP contribution in [0.1, 0.15) is 46.5 Å². The van der Waals surface area contributed by atoms with E-state index in [0.717, 1.165) is 12.8 Å². The molecule has 0 bridgehead atoms. The number of carbonyl (C=O) groups excluding carboxylic acids is 1. The van der Waals surface area contributed by atoms with Crippen molar-refractivity contribution in [2.45, 2.75) is 52.0 Å². The lowest BCUT2D eigenvalue weighted by atomic mass is 9.93. The van der Waals surface area contributed by atoms with Crippen LogP contribution in [0, 0.1) is 11.8 Å². The fourth-order valence-electron chi connectivity index (χ4n) is 2.11. The molecule has 1 atom stereocenters. The fourth-order valence-corrected chi connectivity index (χ4v) is 2.11. The summed E-state index contributed by atoms with van der Waals surface area (Å²) in [7, 11) is 0. The topological polar surface area (TPSA) is 55.1 Å². The smallest absolute Gasteiger partial charge is 0.223 e. The van der Waals surface area contributed by atoms with Crippen LogP contribution in [0.15, 0.2) is 0 Å². The Bertz CT molecular complexity index is 225. The van der Waals surface area contributed by atoms with Crippen molar-refractivity contribution in [2.24, 2.45) is 17.6 Å². The molecular formula is C12H25ClN2O. The first-order chi connectivity index (χ1) is 7.01. The van der Waals surface area contributed by atoms with E-state index in [0.29, 0.717) is 12.5 Å². The quantitative estimate of drug-likeness (QED) is 0.801. The van der Waals surface area contributed by atoms with Gasteiger partial charge in [-0.25, -0.2) is 0 Å².